The van der Waals surface area contributed by atoms with Gasteiger partial charge < -0.3 is 0 Å². The molecule has 0 bridgehead atoms. The van der Waals surface area contributed by atoms with Gasteiger partial charge in [-0.15, -0.1) is 0 Å². The van der Waals surface area contributed by atoms with Gasteiger partial charge in [-0.3, -0.25) is 4.79 Å². The second kappa shape index (κ2) is 7.44. The molecule has 0 aromatic heterocycles. The molecule has 15 heavy (non-hydrogen) atoms. The van der Waals surface area contributed by atoms with Crippen LogP contribution in [0, 0.1) is 5.41 Å². The number of carbonyl (C=O) groups excluding carboxylic acids is 1. The third-order valence-corrected chi connectivity index (χ3v) is 2.24. The van der Waals surface area contributed by atoms with Gasteiger partial charge in [-0.2, -0.15) is 0 Å². The van der Waals surface area contributed by atoms with Crippen LogP contribution in [0.15, 0.2) is 24.3 Å². The third kappa shape index (κ3) is 8.17. The topological polar surface area (TPSA) is 17.1 Å². The number of rotatable bonds is 6. The van der Waals surface area contributed by atoms with Crippen LogP contribution in [-0.4, -0.2) is 5.78 Å². The Labute approximate surface area is 94.3 Å². The zero-order valence-corrected chi connectivity index (χ0v) is 10.5. The minimum absolute atomic E-state index is 0.218. The Balaban J connectivity index is 3.59. The fourth-order valence-electron chi connectivity index (χ4n) is 1.13. The van der Waals surface area contributed by atoms with Gasteiger partial charge >= 0.3 is 0 Å². The van der Waals surface area contributed by atoms with Gasteiger partial charge in [0.15, 0.2) is 5.78 Å². The Morgan fingerprint density at radius 1 is 1.07 bits per heavy atom. The third-order valence-electron chi connectivity index (χ3n) is 2.24. The molecular weight excluding hydrogens is 184 g/mol. The van der Waals surface area contributed by atoms with E-state index in [2.05, 4.69) is 12.2 Å². The maximum absolute atomic E-state index is 11.5. The van der Waals surface area contributed by atoms with Crippen molar-refractivity contribution in [3.05, 3.63) is 24.3 Å². The maximum Gasteiger partial charge on any atom is 0.160 e. The highest BCUT2D eigenvalue weighted by molar-refractivity contribution is 5.93. The Morgan fingerprint density at radius 3 is 2.07 bits per heavy atom. The summed E-state index contributed by atoms with van der Waals surface area (Å²) in [6.07, 6.45) is 12.5. The molecule has 0 saturated carbocycles. The van der Waals surface area contributed by atoms with E-state index in [0.29, 0.717) is 0 Å². The van der Waals surface area contributed by atoms with Crippen LogP contribution in [0.2, 0.25) is 0 Å². The average Bonchev–Trinajstić information content (AvgIpc) is 2.14. The first-order valence-corrected chi connectivity index (χ1v) is 5.80. The van der Waals surface area contributed by atoms with Gasteiger partial charge in [-0.1, -0.05) is 39.0 Å². The zero-order valence-electron chi connectivity index (χ0n) is 10.5. The molecule has 0 saturated heterocycles. The van der Waals surface area contributed by atoms with Crippen LogP contribution < -0.4 is 0 Å². The first-order chi connectivity index (χ1) is 6.98. The predicted molar refractivity (Wildman–Crippen MR) is 66.9 cm³/mol. The summed E-state index contributed by atoms with van der Waals surface area (Å²) in [7, 11) is 0. The van der Waals surface area contributed by atoms with Crippen molar-refractivity contribution < 1.29 is 4.79 Å². The van der Waals surface area contributed by atoms with Gasteiger partial charge in [0.05, 0.1) is 0 Å². The predicted octanol–water partition coefficient (Wildman–Crippen LogP) is 4.29. The van der Waals surface area contributed by atoms with E-state index in [-0.39, 0.29) is 11.2 Å². The molecule has 0 fully saturated rings. The van der Waals surface area contributed by atoms with Gasteiger partial charge in [0, 0.05) is 5.41 Å². The van der Waals surface area contributed by atoms with Crippen molar-refractivity contribution in [3.8, 4) is 0 Å². The standard InChI is InChI=1S/C14H24O/c1-5-6-7-8-9-10-11-12-13(15)14(2,3)4/h5-6,11-12H,7-10H2,1-4H3/b6-5+,12-11+. The summed E-state index contributed by atoms with van der Waals surface area (Å²) in [5.41, 5.74) is -0.235. The molecule has 0 heterocycles. The Morgan fingerprint density at radius 2 is 1.60 bits per heavy atom. The lowest BCUT2D eigenvalue weighted by atomic mass is 9.90. The van der Waals surface area contributed by atoms with Crippen LogP contribution in [-0.2, 0) is 4.79 Å². The van der Waals surface area contributed by atoms with E-state index >= 15 is 0 Å². The molecule has 86 valence electrons. The number of ketones is 1. The minimum Gasteiger partial charge on any atom is -0.294 e. The van der Waals surface area contributed by atoms with E-state index in [0.717, 1.165) is 19.3 Å². The van der Waals surface area contributed by atoms with Crippen molar-refractivity contribution in [1.29, 1.82) is 0 Å². The highest BCUT2D eigenvalue weighted by Crippen LogP contribution is 2.15. The molecule has 0 aromatic rings. The molecule has 0 radical (unpaired) electrons. The first-order valence-electron chi connectivity index (χ1n) is 5.80. The van der Waals surface area contributed by atoms with Crippen molar-refractivity contribution in [3.63, 3.8) is 0 Å². The molecule has 0 atom stereocenters. The van der Waals surface area contributed by atoms with Gasteiger partial charge in [0.25, 0.3) is 0 Å². The smallest absolute Gasteiger partial charge is 0.160 e. The molecular formula is C14H24O. The minimum atomic E-state index is -0.235. The zero-order chi connectivity index (χ0) is 11.7. The molecule has 1 heteroatoms. The molecule has 0 N–H and O–H groups in total. The van der Waals surface area contributed by atoms with Gasteiger partial charge in [-0.05, 0) is 38.7 Å². The number of hydrogen-bond acceptors (Lipinski definition) is 1. The average molecular weight is 208 g/mol. The first kappa shape index (κ1) is 14.2. The van der Waals surface area contributed by atoms with E-state index in [1.54, 1.807) is 6.08 Å². The van der Waals surface area contributed by atoms with Crippen LogP contribution in [0.4, 0.5) is 0 Å². The van der Waals surface area contributed by atoms with E-state index in [4.69, 9.17) is 0 Å². The van der Waals surface area contributed by atoms with Gasteiger partial charge in [-0.25, -0.2) is 0 Å². The number of hydrogen-bond donors (Lipinski definition) is 0. The van der Waals surface area contributed by atoms with E-state index in [9.17, 15) is 4.79 Å². The van der Waals surface area contributed by atoms with E-state index in [1.807, 2.05) is 33.8 Å². The molecule has 0 unspecified atom stereocenters. The molecule has 0 spiro atoms. The lowest BCUT2D eigenvalue weighted by molar-refractivity contribution is -0.121. The maximum atomic E-state index is 11.5. The van der Waals surface area contributed by atoms with E-state index in [1.165, 1.54) is 6.42 Å². The van der Waals surface area contributed by atoms with Crippen LogP contribution in [0.3, 0.4) is 0 Å². The molecule has 0 rings (SSSR count). The Hall–Kier alpha value is -0.850. The lowest BCUT2D eigenvalue weighted by Crippen LogP contribution is -2.17. The number of unbranched alkanes of at least 4 members (excludes halogenated alkanes) is 3. The van der Waals surface area contributed by atoms with Crippen molar-refractivity contribution in [2.75, 3.05) is 0 Å². The van der Waals surface area contributed by atoms with Gasteiger partial charge in [0.1, 0.15) is 0 Å². The number of allylic oxidation sites excluding steroid dienone is 4. The normalized spacial score (nSPS) is 12.8. The summed E-state index contributed by atoms with van der Waals surface area (Å²) in [5, 5.41) is 0. The Kier molecular flexibility index (Phi) is 7.02. The largest absolute Gasteiger partial charge is 0.294 e. The van der Waals surface area contributed by atoms with Crippen LogP contribution in [0.1, 0.15) is 53.4 Å². The van der Waals surface area contributed by atoms with E-state index < -0.39 is 0 Å². The van der Waals surface area contributed by atoms with Crippen molar-refractivity contribution in [1.82, 2.24) is 0 Å². The van der Waals surface area contributed by atoms with Crippen LogP contribution >= 0.6 is 0 Å². The van der Waals surface area contributed by atoms with Crippen LogP contribution in [0.5, 0.6) is 0 Å². The van der Waals surface area contributed by atoms with Crippen LogP contribution in [0.25, 0.3) is 0 Å². The summed E-state index contributed by atoms with van der Waals surface area (Å²) >= 11 is 0. The van der Waals surface area contributed by atoms with Crippen molar-refractivity contribution in [2.24, 2.45) is 5.41 Å². The fourth-order valence-corrected chi connectivity index (χ4v) is 1.13. The SMILES string of the molecule is C/C=C/CCCC/C=C/C(=O)C(C)(C)C. The Bertz CT molecular complexity index is 228. The highest BCUT2D eigenvalue weighted by atomic mass is 16.1. The molecule has 0 amide bonds. The summed E-state index contributed by atoms with van der Waals surface area (Å²) in [5.74, 6) is 0.218. The monoisotopic (exact) mass is 208 g/mol. The second-order valence-electron chi connectivity index (χ2n) is 4.87. The summed E-state index contributed by atoms with van der Waals surface area (Å²) in [6.45, 7) is 7.89. The van der Waals surface area contributed by atoms with Crippen molar-refractivity contribution >= 4 is 5.78 Å². The molecule has 0 aliphatic carbocycles. The summed E-state index contributed by atoms with van der Waals surface area (Å²) in [4.78, 5) is 11.5. The number of carbonyl (C=O) groups is 1. The summed E-state index contributed by atoms with van der Waals surface area (Å²) in [6, 6.07) is 0. The fraction of sp³-hybridized carbons (Fsp3) is 0.643. The summed E-state index contributed by atoms with van der Waals surface area (Å²) < 4.78 is 0. The van der Waals surface area contributed by atoms with Gasteiger partial charge in [0.2, 0.25) is 0 Å². The highest BCUT2D eigenvalue weighted by Gasteiger charge is 2.17. The quantitative estimate of drug-likeness (QED) is 0.361. The molecule has 1 nitrogen and oxygen atoms in total. The molecule has 0 aromatic carbocycles. The second-order valence-corrected chi connectivity index (χ2v) is 4.87. The lowest BCUT2D eigenvalue weighted by Gasteiger charge is -2.12. The molecule has 0 aliphatic heterocycles. The molecule has 0 aliphatic rings. The van der Waals surface area contributed by atoms with Crippen molar-refractivity contribution in [2.45, 2.75) is 53.4 Å².